The molecule has 0 saturated heterocycles. The number of hydrogen-bond acceptors (Lipinski definition) is 4. The van der Waals surface area contributed by atoms with E-state index in [0.717, 1.165) is 44.0 Å². The Balaban J connectivity index is 1.53. The van der Waals surface area contributed by atoms with Crippen LogP contribution in [0.4, 0.5) is 26.3 Å². The van der Waals surface area contributed by atoms with Gasteiger partial charge in [-0.05, 0) is 68.1 Å². The Morgan fingerprint density at radius 3 is 2.32 bits per heavy atom. The minimum absolute atomic E-state index is 0.0506. The maximum absolute atomic E-state index is 13.5. The van der Waals surface area contributed by atoms with E-state index in [1.807, 2.05) is 0 Å². The first-order valence-electron chi connectivity index (χ1n) is 13.1. The molecule has 1 N–H and O–H groups in total. The lowest BCUT2D eigenvalue weighted by Gasteiger charge is -2.36. The molecule has 0 aliphatic heterocycles. The third-order valence-electron chi connectivity index (χ3n) is 7.51. The molecule has 2 aromatic rings. The summed E-state index contributed by atoms with van der Waals surface area (Å²) in [6.45, 7) is 4.13. The highest BCUT2D eigenvalue weighted by atomic mass is 19.4. The largest absolute Gasteiger partial charge is 0.416 e. The number of alkyl halides is 6. The molecule has 1 aromatic heterocycles. The van der Waals surface area contributed by atoms with Crippen LogP contribution in [0.2, 0.25) is 0 Å². The average Bonchev–Trinajstić information content (AvgIpc) is 3.52. The monoisotopic (exact) mass is 545 g/mol. The molecule has 0 radical (unpaired) electrons. The second kappa shape index (κ2) is 11.0. The molecule has 11 heteroatoms. The zero-order chi connectivity index (χ0) is 27.8. The van der Waals surface area contributed by atoms with Crippen LogP contribution in [0.15, 0.2) is 18.2 Å². The smallest absolute Gasteiger partial charge is 0.396 e. The normalized spacial score (nSPS) is 21.0. The van der Waals surface area contributed by atoms with Crippen molar-refractivity contribution >= 4 is 5.78 Å². The highest BCUT2D eigenvalue weighted by Gasteiger charge is 2.41. The van der Waals surface area contributed by atoms with Crippen molar-refractivity contribution in [2.45, 2.75) is 95.4 Å². The molecule has 2 aliphatic carbocycles. The van der Waals surface area contributed by atoms with E-state index in [0.29, 0.717) is 23.7 Å². The topological polar surface area (TPSA) is 68.0 Å². The van der Waals surface area contributed by atoms with Crippen LogP contribution in [-0.2, 0) is 23.6 Å². The first-order valence-corrected chi connectivity index (χ1v) is 13.1. The number of ketones is 1. The number of aromatic nitrogens is 3. The fourth-order valence-electron chi connectivity index (χ4n) is 5.59. The highest BCUT2D eigenvalue weighted by molar-refractivity contribution is 5.82. The first-order chi connectivity index (χ1) is 17.8. The third-order valence-corrected chi connectivity index (χ3v) is 7.51. The number of carbonyl (C=O) groups excluding carboxylic acids is 1. The van der Waals surface area contributed by atoms with Crippen LogP contribution in [-0.4, -0.2) is 32.3 Å². The van der Waals surface area contributed by atoms with Crippen LogP contribution >= 0.6 is 0 Å². The Morgan fingerprint density at radius 2 is 1.76 bits per heavy atom. The number of halogens is 6. The summed E-state index contributed by atoms with van der Waals surface area (Å²) in [6.07, 6.45) is -5.60. The van der Waals surface area contributed by atoms with Crippen LogP contribution in [0.1, 0.15) is 105 Å². The van der Waals surface area contributed by atoms with Gasteiger partial charge in [0.15, 0.2) is 0 Å². The second-order valence-electron chi connectivity index (χ2n) is 11.2. The molecule has 1 heterocycles. The van der Waals surface area contributed by atoms with Gasteiger partial charge in [0.05, 0.1) is 11.1 Å². The van der Waals surface area contributed by atoms with Gasteiger partial charge in [0, 0.05) is 37.3 Å². The average molecular weight is 546 g/mol. The molecular formula is C27H33F6N3O2. The van der Waals surface area contributed by atoms with E-state index in [4.69, 9.17) is 0 Å². The van der Waals surface area contributed by atoms with Crippen LogP contribution in [0, 0.1) is 11.8 Å². The van der Waals surface area contributed by atoms with E-state index < -0.39 is 47.2 Å². The lowest BCUT2D eigenvalue weighted by atomic mass is 9.71. The van der Waals surface area contributed by atoms with Crippen LogP contribution in [0.5, 0.6) is 0 Å². The number of aliphatic hydroxyl groups excluding tert-OH is 1. The summed E-state index contributed by atoms with van der Waals surface area (Å²) in [5.74, 6) is 1.83. The fraction of sp³-hybridized carbons (Fsp3) is 0.667. The van der Waals surface area contributed by atoms with Gasteiger partial charge in [0.2, 0.25) is 0 Å². The number of rotatable bonds is 11. The van der Waals surface area contributed by atoms with E-state index in [9.17, 15) is 36.2 Å². The van der Waals surface area contributed by atoms with Crippen LogP contribution in [0.25, 0.3) is 0 Å². The van der Waals surface area contributed by atoms with Gasteiger partial charge in [-0.25, -0.2) is 0 Å². The van der Waals surface area contributed by atoms with Crippen LogP contribution in [0.3, 0.4) is 0 Å². The lowest BCUT2D eigenvalue weighted by molar-refractivity contribution is -0.143. The maximum atomic E-state index is 13.5. The minimum Gasteiger partial charge on any atom is -0.396 e. The van der Waals surface area contributed by atoms with Crippen molar-refractivity contribution < 1.29 is 36.2 Å². The molecule has 210 valence electrons. The molecule has 0 spiro atoms. The SMILES string of the molecule is CC(C)CC1CC(c2nnc([C@@H](CCO)CC(=O)Cc3ccc(C(F)(F)F)cc3C(F)(F)F)n2C2CC2)C1. The van der Waals surface area contributed by atoms with Gasteiger partial charge in [-0.15, -0.1) is 10.2 Å². The molecule has 2 aliphatic rings. The van der Waals surface area contributed by atoms with Gasteiger partial charge in [-0.1, -0.05) is 19.9 Å². The molecule has 38 heavy (non-hydrogen) atoms. The molecule has 0 bridgehead atoms. The van der Waals surface area contributed by atoms with Gasteiger partial charge < -0.3 is 9.67 Å². The van der Waals surface area contributed by atoms with E-state index in [-0.39, 0.29) is 37.5 Å². The highest BCUT2D eigenvalue weighted by Crippen LogP contribution is 2.48. The Bertz CT molecular complexity index is 1130. The van der Waals surface area contributed by atoms with Crippen molar-refractivity contribution in [3.63, 3.8) is 0 Å². The maximum Gasteiger partial charge on any atom is 0.416 e. The fourth-order valence-corrected chi connectivity index (χ4v) is 5.59. The van der Waals surface area contributed by atoms with Gasteiger partial charge in [0.1, 0.15) is 17.4 Å². The Hall–Kier alpha value is -2.43. The number of benzene rings is 1. The summed E-state index contributed by atoms with van der Waals surface area (Å²) in [4.78, 5) is 13.0. The summed E-state index contributed by atoms with van der Waals surface area (Å²) in [5, 5.41) is 18.5. The van der Waals surface area contributed by atoms with E-state index in [2.05, 4.69) is 28.6 Å². The number of aliphatic hydroxyl groups is 1. The molecule has 5 nitrogen and oxygen atoms in total. The van der Waals surface area contributed by atoms with Crippen molar-refractivity contribution in [1.29, 1.82) is 0 Å². The molecule has 0 amide bonds. The molecule has 0 unspecified atom stereocenters. The predicted octanol–water partition coefficient (Wildman–Crippen LogP) is 6.86. The standard InChI is InChI=1S/C27H33F6N3O2/c1-15(2)9-16-10-19(11-16)25-35-34-24(36(25)21-5-6-21)18(7-8-37)13-22(38)12-17-3-4-20(26(28,29)30)14-23(17)27(31,32)33/h3-4,14-16,18-19,21,37H,5-13H2,1-2H3/t16?,18-,19?/m0/s1. The zero-order valence-electron chi connectivity index (χ0n) is 21.4. The Labute approximate surface area is 217 Å². The number of carbonyl (C=O) groups is 1. The zero-order valence-corrected chi connectivity index (χ0v) is 21.4. The summed E-state index contributed by atoms with van der Waals surface area (Å²) >= 11 is 0. The number of Topliss-reactive ketones (excluding diaryl/α,β-unsaturated/α-hetero) is 1. The van der Waals surface area contributed by atoms with Crippen molar-refractivity contribution in [3.8, 4) is 0 Å². The van der Waals surface area contributed by atoms with E-state index in [1.54, 1.807) is 0 Å². The minimum atomic E-state index is -5.04. The molecule has 4 rings (SSSR count). The second-order valence-corrected chi connectivity index (χ2v) is 11.2. The van der Waals surface area contributed by atoms with Crippen molar-refractivity contribution in [2.75, 3.05) is 6.61 Å². The summed E-state index contributed by atoms with van der Waals surface area (Å²) in [6, 6.07) is 1.54. The molecule has 2 fully saturated rings. The third kappa shape index (κ3) is 6.58. The molecule has 1 atom stereocenters. The van der Waals surface area contributed by atoms with E-state index in [1.165, 1.54) is 0 Å². The van der Waals surface area contributed by atoms with E-state index >= 15 is 0 Å². The number of nitrogens with zero attached hydrogens (tertiary/aromatic N) is 3. The van der Waals surface area contributed by atoms with Crippen molar-refractivity contribution in [2.24, 2.45) is 11.8 Å². The van der Waals surface area contributed by atoms with Crippen LogP contribution < -0.4 is 0 Å². The lowest BCUT2D eigenvalue weighted by Crippen LogP contribution is -2.26. The molecule has 2 saturated carbocycles. The summed E-state index contributed by atoms with van der Waals surface area (Å²) in [5.41, 5.74) is -3.40. The molecular weight excluding hydrogens is 512 g/mol. The Morgan fingerprint density at radius 1 is 1.08 bits per heavy atom. The van der Waals surface area contributed by atoms with Gasteiger partial charge >= 0.3 is 12.4 Å². The molecule has 1 aromatic carbocycles. The Kier molecular flexibility index (Phi) is 8.26. The number of hydrogen-bond donors (Lipinski definition) is 1. The predicted molar refractivity (Wildman–Crippen MR) is 127 cm³/mol. The summed E-state index contributed by atoms with van der Waals surface area (Å²) < 4.78 is 81.7. The van der Waals surface area contributed by atoms with Gasteiger partial charge in [0.25, 0.3) is 0 Å². The van der Waals surface area contributed by atoms with Crippen molar-refractivity contribution in [1.82, 2.24) is 14.8 Å². The first kappa shape index (κ1) is 28.6. The van der Waals surface area contributed by atoms with Gasteiger partial charge in [-0.3, -0.25) is 4.79 Å². The quantitative estimate of drug-likeness (QED) is 0.314. The van der Waals surface area contributed by atoms with Gasteiger partial charge in [-0.2, -0.15) is 26.3 Å². The van der Waals surface area contributed by atoms with Crippen molar-refractivity contribution in [3.05, 3.63) is 46.5 Å². The summed E-state index contributed by atoms with van der Waals surface area (Å²) in [7, 11) is 0.